The van der Waals surface area contributed by atoms with Crippen molar-refractivity contribution in [3.8, 4) is 0 Å². The summed E-state index contributed by atoms with van der Waals surface area (Å²) in [6.07, 6.45) is 0. The molecule has 0 radical (unpaired) electrons. The summed E-state index contributed by atoms with van der Waals surface area (Å²) in [5, 5.41) is 7.36. The van der Waals surface area contributed by atoms with Crippen LogP contribution in [0, 0.1) is 5.82 Å². The van der Waals surface area contributed by atoms with Gasteiger partial charge in [0, 0.05) is 18.2 Å². The first-order valence-corrected chi connectivity index (χ1v) is 7.75. The number of benzene rings is 2. The van der Waals surface area contributed by atoms with Crippen LogP contribution in [0.5, 0.6) is 0 Å². The molecule has 4 N–H and O–H groups in total. The van der Waals surface area contributed by atoms with E-state index in [0.29, 0.717) is 18.8 Å². The molecule has 0 aliphatic heterocycles. The molecule has 0 heterocycles. The molecule has 2 rings (SSSR count). The lowest BCUT2D eigenvalue weighted by Gasteiger charge is -2.16. The SMILES string of the molecule is CC(=O)NCC[NH2+][C@@H](C(=O)Nc1ccc(F)cc1)c1ccccc1. The van der Waals surface area contributed by atoms with Crippen molar-refractivity contribution in [3.05, 3.63) is 66.0 Å². The van der Waals surface area contributed by atoms with E-state index in [4.69, 9.17) is 0 Å². The molecule has 0 bridgehead atoms. The maximum atomic E-state index is 13.0. The van der Waals surface area contributed by atoms with E-state index in [9.17, 15) is 14.0 Å². The van der Waals surface area contributed by atoms with Crippen molar-refractivity contribution in [1.82, 2.24) is 5.32 Å². The van der Waals surface area contributed by atoms with E-state index in [1.54, 1.807) is 0 Å². The van der Waals surface area contributed by atoms with Crippen LogP contribution >= 0.6 is 0 Å². The quantitative estimate of drug-likeness (QED) is 0.668. The average molecular weight is 330 g/mol. The molecule has 5 nitrogen and oxygen atoms in total. The van der Waals surface area contributed by atoms with Gasteiger partial charge in [-0.05, 0) is 24.3 Å². The van der Waals surface area contributed by atoms with Gasteiger partial charge >= 0.3 is 0 Å². The fourth-order valence-corrected chi connectivity index (χ4v) is 2.31. The normalized spacial score (nSPS) is 11.6. The van der Waals surface area contributed by atoms with E-state index in [2.05, 4.69) is 10.6 Å². The van der Waals surface area contributed by atoms with Gasteiger partial charge < -0.3 is 16.0 Å². The Kier molecular flexibility index (Phi) is 6.45. The lowest BCUT2D eigenvalue weighted by atomic mass is 10.1. The summed E-state index contributed by atoms with van der Waals surface area (Å²) in [5.74, 6) is -0.652. The first-order valence-electron chi connectivity index (χ1n) is 7.75. The van der Waals surface area contributed by atoms with Gasteiger partial charge in [-0.2, -0.15) is 0 Å². The minimum absolute atomic E-state index is 0.101. The van der Waals surface area contributed by atoms with Gasteiger partial charge in [-0.1, -0.05) is 30.3 Å². The lowest BCUT2D eigenvalue weighted by Crippen LogP contribution is -2.88. The molecule has 0 unspecified atom stereocenters. The van der Waals surface area contributed by atoms with Crippen molar-refractivity contribution in [3.63, 3.8) is 0 Å². The van der Waals surface area contributed by atoms with Crippen LogP contribution < -0.4 is 16.0 Å². The van der Waals surface area contributed by atoms with Gasteiger partial charge in [0.25, 0.3) is 5.91 Å². The van der Waals surface area contributed by atoms with Gasteiger partial charge in [0.1, 0.15) is 5.82 Å². The maximum Gasteiger partial charge on any atom is 0.287 e. The van der Waals surface area contributed by atoms with Crippen LogP contribution in [0.3, 0.4) is 0 Å². The Morgan fingerprint density at radius 2 is 1.75 bits per heavy atom. The smallest absolute Gasteiger partial charge is 0.287 e. The maximum absolute atomic E-state index is 13.0. The predicted octanol–water partition coefficient (Wildman–Crippen LogP) is 1.21. The van der Waals surface area contributed by atoms with E-state index in [-0.39, 0.29) is 17.6 Å². The number of carbonyl (C=O) groups excluding carboxylic acids is 2. The number of anilines is 1. The standard InChI is InChI=1S/C18H20FN3O2/c1-13(23)20-11-12-21-17(14-5-3-2-4-6-14)18(24)22-16-9-7-15(19)8-10-16/h2-10,17,21H,11-12H2,1H3,(H,20,23)(H,22,24)/p+1/t17-/m1/s1. The van der Waals surface area contributed by atoms with Crippen molar-refractivity contribution in [2.75, 3.05) is 18.4 Å². The summed E-state index contributed by atoms with van der Waals surface area (Å²) in [6.45, 7) is 2.49. The van der Waals surface area contributed by atoms with Gasteiger partial charge in [-0.25, -0.2) is 4.39 Å². The average Bonchev–Trinajstić information content (AvgIpc) is 2.57. The van der Waals surface area contributed by atoms with Crippen molar-refractivity contribution >= 4 is 17.5 Å². The van der Waals surface area contributed by atoms with E-state index in [0.717, 1.165) is 5.56 Å². The van der Waals surface area contributed by atoms with Crippen LogP contribution in [-0.4, -0.2) is 24.9 Å². The summed E-state index contributed by atoms with van der Waals surface area (Å²) >= 11 is 0. The van der Waals surface area contributed by atoms with Crippen molar-refractivity contribution in [1.29, 1.82) is 0 Å². The summed E-state index contributed by atoms with van der Waals surface area (Å²) < 4.78 is 13.0. The molecule has 6 heteroatoms. The lowest BCUT2D eigenvalue weighted by molar-refractivity contribution is -0.680. The molecule has 2 aromatic carbocycles. The highest BCUT2D eigenvalue weighted by Gasteiger charge is 2.23. The molecule has 0 aliphatic carbocycles. The Morgan fingerprint density at radius 3 is 2.38 bits per heavy atom. The Labute approximate surface area is 140 Å². The zero-order valence-corrected chi connectivity index (χ0v) is 13.5. The minimum Gasteiger partial charge on any atom is -0.351 e. The largest absolute Gasteiger partial charge is 0.351 e. The van der Waals surface area contributed by atoms with Crippen LogP contribution in [0.25, 0.3) is 0 Å². The molecule has 0 fully saturated rings. The van der Waals surface area contributed by atoms with Crippen LogP contribution in [-0.2, 0) is 9.59 Å². The van der Waals surface area contributed by atoms with Crippen LogP contribution in [0.2, 0.25) is 0 Å². The third-order valence-electron chi connectivity index (χ3n) is 3.47. The molecule has 0 saturated heterocycles. The number of hydrogen-bond acceptors (Lipinski definition) is 2. The Hall–Kier alpha value is -2.73. The first-order chi connectivity index (χ1) is 11.6. The number of rotatable bonds is 7. The highest BCUT2D eigenvalue weighted by atomic mass is 19.1. The fraction of sp³-hybridized carbons (Fsp3) is 0.222. The van der Waals surface area contributed by atoms with E-state index in [1.165, 1.54) is 31.2 Å². The molecule has 24 heavy (non-hydrogen) atoms. The van der Waals surface area contributed by atoms with Crippen LogP contribution in [0.15, 0.2) is 54.6 Å². The number of nitrogens with one attached hydrogen (secondary N) is 2. The summed E-state index contributed by atoms with van der Waals surface area (Å²) in [7, 11) is 0. The van der Waals surface area contributed by atoms with Gasteiger partial charge in [0.05, 0.1) is 13.1 Å². The third-order valence-corrected chi connectivity index (χ3v) is 3.47. The molecule has 2 amide bonds. The van der Waals surface area contributed by atoms with Gasteiger partial charge in [-0.15, -0.1) is 0 Å². The molecule has 0 aromatic heterocycles. The minimum atomic E-state index is -0.454. The Balaban J connectivity index is 2.05. The molecule has 126 valence electrons. The molecule has 2 aromatic rings. The summed E-state index contributed by atoms with van der Waals surface area (Å²) in [5.41, 5.74) is 1.40. The number of halogens is 1. The third kappa shape index (κ3) is 5.48. The summed E-state index contributed by atoms with van der Waals surface area (Å²) in [4.78, 5) is 23.5. The monoisotopic (exact) mass is 330 g/mol. The van der Waals surface area contributed by atoms with Crippen LogP contribution in [0.1, 0.15) is 18.5 Å². The van der Waals surface area contributed by atoms with Crippen molar-refractivity contribution in [2.24, 2.45) is 0 Å². The first kappa shape index (κ1) is 17.6. The van der Waals surface area contributed by atoms with Crippen LogP contribution in [0.4, 0.5) is 10.1 Å². The molecule has 0 spiro atoms. The molecular weight excluding hydrogens is 309 g/mol. The molecule has 0 saturated carbocycles. The fourth-order valence-electron chi connectivity index (χ4n) is 2.31. The van der Waals surface area contributed by atoms with Gasteiger partial charge in [0.15, 0.2) is 6.04 Å². The predicted molar refractivity (Wildman–Crippen MR) is 89.7 cm³/mol. The number of hydrogen-bond donors (Lipinski definition) is 3. The van der Waals surface area contributed by atoms with E-state index in [1.807, 2.05) is 35.6 Å². The second-order valence-electron chi connectivity index (χ2n) is 5.39. The number of quaternary nitrogens is 1. The topological polar surface area (TPSA) is 74.8 Å². The number of amides is 2. The molecule has 1 atom stereocenters. The van der Waals surface area contributed by atoms with Gasteiger partial charge in [0.2, 0.25) is 5.91 Å². The Bertz CT molecular complexity index is 674. The zero-order chi connectivity index (χ0) is 17.4. The molecular formula is C18H21FN3O2+. The van der Waals surface area contributed by atoms with E-state index < -0.39 is 6.04 Å². The Morgan fingerprint density at radius 1 is 1.08 bits per heavy atom. The van der Waals surface area contributed by atoms with Crippen molar-refractivity contribution < 1.29 is 19.3 Å². The van der Waals surface area contributed by atoms with Crippen molar-refractivity contribution in [2.45, 2.75) is 13.0 Å². The second kappa shape index (κ2) is 8.79. The summed E-state index contributed by atoms with van der Waals surface area (Å²) in [6, 6.07) is 14.6. The highest BCUT2D eigenvalue weighted by Crippen LogP contribution is 2.13. The molecule has 0 aliphatic rings. The van der Waals surface area contributed by atoms with E-state index >= 15 is 0 Å². The highest BCUT2D eigenvalue weighted by molar-refractivity contribution is 5.94. The number of carbonyl (C=O) groups is 2. The number of nitrogens with two attached hydrogens (primary N) is 1. The zero-order valence-electron chi connectivity index (χ0n) is 13.5. The van der Waals surface area contributed by atoms with Gasteiger partial charge in [-0.3, -0.25) is 9.59 Å². The second-order valence-corrected chi connectivity index (χ2v) is 5.39.